The van der Waals surface area contributed by atoms with Gasteiger partial charge in [-0.15, -0.1) is 0 Å². The fourth-order valence-corrected chi connectivity index (χ4v) is 9.00. The number of nitrogens with one attached hydrogen (secondary N) is 1. The number of hydrogen-bond acceptors (Lipinski definition) is 4. The summed E-state index contributed by atoms with van der Waals surface area (Å²) in [5, 5.41) is 33.6. The predicted octanol–water partition coefficient (Wildman–Crippen LogP) is 16.6. The Hall–Kier alpha value is -0.650. The van der Waals surface area contributed by atoms with Crippen molar-refractivity contribution in [2.24, 2.45) is 0 Å². The average Bonchev–Trinajstić information content (AvgIpc) is 3.23. The van der Waals surface area contributed by atoms with Gasteiger partial charge in [-0.25, -0.2) is 0 Å². The Labute approximate surface area is 370 Å². The molecule has 0 radical (unpaired) electrons. The highest BCUT2D eigenvalue weighted by Crippen LogP contribution is 2.18. The van der Waals surface area contributed by atoms with Gasteiger partial charge in [0.15, 0.2) is 0 Å². The van der Waals surface area contributed by atoms with Crippen molar-refractivity contribution in [2.45, 2.75) is 334 Å². The minimum Gasteiger partial charge on any atom is -0.394 e. The molecule has 0 heterocycles. The molecule has 3 atom stereocenters. The molecular formula is C54H109NO4. The van der Waals surface area contributed by atoms with Gasteiger partial charge in [-0.05, 0) is 12.8 Å². The molecule has 0 spiro atoms. The summed E-state index contributed by atoms with van der Waals surface area (Å²) in [6.07, 6.45) is 59.6. The van der Waals surface area contributed by atoms with Crippen LogP contribution < -0.4 is 5.32 Å². The highest BCUT2D eigenvalue weighted by Gasteiger charge is 2.21. The van der Waals surface area contributed by atoms with Gasteiger partial charge in [-0.2, -0.15) is 0 Å². The Kier molecular flexibility index (Phi) is 49.4. The molecule has 1 amide bonds. The van der Waals surface area contributed by atoms with E-state index in [4.69, 9.17) is 0 Å². The lowest BCUT2D eigenvalue weighted by molar-refractivity contribution is -0.125. The van der Waals surface area contributed by atoms with Crippen molar-refractivity contribution < 1.29 is 20.1 Å². The van der Waals surface area contributed by atoms with Crippen LogP contribution in [0.4, 0.5) is 0 Å². The van der Waals surface area contributed by atoms with Crippen molar-refractivity contribution in [2.75, 3.05) is 6.61 Å². The van der Waals surface area contributed by atoms with Gasteiger partial charge in [0.2, 0.25) is 5.91 Å². The van der Waals surface area contributed by atoms with Crippen molar-refractivity contribution in [3.05, 3.63) is 0 Å². The van der Waals surface area contributed by atoms with Gasteiger partial charge < -0.3 is 20.6 Å². The summed E-state index contributed by atoms with van der Waals surface area (Å²) in [7, 11) is 0. The molecule has 0 aliphatic rings. The summed E-state index contributed by atoms with van der Waals surface area (Å²) < 4.78 is 0. The molecule has 0 bridgehead atoms. The second kappa shape index (κ2) is 50.0. The minimum atomic E-state index is -0.745. The second-order valence-electron chi connectivity index (χ2n) is 19.2. The SMILES string of the molecule is CCCCCCCCCCCCCCCCCCCCCCCCC(O)CC(=O)NC(CO)C(O)CCCCCCCCCCCCCCCCCCCCCCCC. The molecule has 0 saturated carbocycles. The summed E-state index contributed by atoms with van der Waals surface area (Å²) in [4.78, 5) is 12.5. The maximum absolute atomic E-state index is 12.5. The molecule has 0 aliphatic carbocycles. The zero-order valence-electron chi connectivity index (χ0n) is 40.4. The van der Waals surface area contributed by atoms with Crippen molar-refractivity contribution >= 4 is 5.91 Å². The van der Waals surface area contributed by atoms with Crippen LogP contribution in [0.5, 0.6) is 0 Å². The van der Waals surface area contributed by atoms with Crippen LogP contribution in [0.1, 0.15) is 316 Å². The number of hydrogen-bond donors (Lipinski definition) is 4. The topological polar surface area (TPSA) is 89.8 Å². The highest BCUT2D eigenvalue weighted by atomic mass is 16.3. The predicted molar refractivity (Wildman–Crippen MR) is 259 cm³/mol. The highest BCUT2D eigenvalue weighted by molar-refractivity contribution is 5.76. The van der Waals surface area contributed by atoms with Gasteiger partial charge in [0.1, 0.15) is 0 Å². The van der Waals surface area contributed by atoms with Crippen LogP contribution in [0.3, 0.4) is 0 Å². The van der Waals surface area contributed by atoms with Gasteiger partial charge in [0.05, 0.1) is 31.3 Å². The maximum atomic E-state index is 12.5. The van der Waals surface area contributed by atoms with Crippen LogP contribution in [0.25, 0.3) is 0 Å². The number of aliphatic hydroxyl groups is 3. The lowest BCUT2D eigenvalue weighted by atomic mass is 10.0. The third-order valence-electron chi connectivity index (χ3n) is 13.2. The number of carbonyl (C=O) groups excluding carboxylic acids is 1. The Balaban J connectivity index is 3.50. The van der Waals surface area contributed by atoms with Crippen LogP contribution in [0.15, 0.2) is 0 Å². The maximum Gasteiger partial charge on any atom is 0.222 e. The van der Waals surface area contributed by atoms with Crippen molar-refractivity contribution in [3.8, 4) is 0 Å². The second-order valence-corrected chi connectivity index (χ2v) is 19.2. The Morgan fingerprint density at radius 2 is 0.576 bits per heavy atom. The first kappa shape index (κ1) is 58.4. The fourth-order valence-electron chi connectivity index (χ4n) is 9.00. The average molecular weight is 836 g/mol. The smallest absolute Gasteiger partial charge is 0.222 e. The third kappa shape index (κ3) is 46.7. The summed E-state index contributed by atoms with van der Waals surface area (Å²) in [6.45, 7) is 4.31. The first-order chi connectivity index (χ1) is 29.0. The van der Waals surface area contributed by atoms with Crippen molar-refractivity contribution in [3.63, 3.8) is 0 Å². The lowest BCUT2D eigenvalue weighted by Crippen LogP contribution is -2.46. The van der Waals surface area contributed by atoms with Crippen LogP contribution in [0.2, 0.25) is 0 Å². The van der Waals surface area contributed by atoms with E-state index in [1.54, 1.807) is 0 Å². The molecule has 0 saturated heterocycles. The van der Waals surface area contributed by atoms with Crippen LogP contribution in [-0.2, 0) is 4.79 Å². The molecule has 354 valence electrons. The van der Waals surface area contributed by atoms with Gasteiger partial charge >= 0.3 is 0 Å². The normalized spacial score (nSPS) is 13.2. The summed E-state index contributed by atoms with van der Waals surface area (Å²) in [5.41, 5.74) is 0. The van der Waals surface area contributed by atoms with Crippen LogP contribution >= 0.6 is 0 Å². The number of unbranched alkanes of at least 4 members (excludes halogenated alkanes) is 42. The Morgan fingerprint density at radius 3 is 0.814 bits per heavy atom. The van der Waals surface area contributed by atoms with E-state index in [9.17, 15) is 20.1 Å². The molecule has 0 fully saturated rings. The fraction of sp³-hybridized carbons (Fsp3) is 0.981. The summed E-state index contributed by atoms with van der Waals surface area (Å²) >= 11 is 0. The number of amides is 1. The quantitative estimate of drug-likeness (QED) is 0.0460. The summed E-state index contributed by atoms with van der Waals surface area (Å²) in [6, 6.07) is -0.654. The molecule has 4 N–H and O–H groups in total. The van der Waals surface area contributed by atoms with E-state index in [1.165, 1.54) is 257 Å². The van der Waals surface area contributed by atoms with Crippen molar-refractivity contribution in [1.29, 1.82) is 0 Å². The monoisotopic (exact) mass is 836 g/mol. The zero-order chi connectivity index (χ0) is 43.0. The molecule has 3 unspecified atom stereocenters. The lowest BCUT2D eigenvalue weighted by Gasteiger charge is -2.23. The van der Waals surface area contributed by atoms with E-state index in [2.05, 4.69) is 19.2 Å². The molecule has 5 nitrogen and oxygen atoms in total. The number of rotatable bonds is 51. The molecule has 0 aliphatic heterocycles. The van der Waals surface area contributed by atoms with E-state index >= 15 is 0 Å². The van der Waals surface area contributed by atoms with Crippen LogP contribution in [-0.4, -0.2) is 46.1 Å². The van der Waals surface area contributed by atoms with Crippen molar-refractivity contribution in [1.82, 2.24) is 5.32 Å². The first-order valence-corrected chi connectivity index (χ1v) is 27.3. The standard InChI is InChI=1S/C54H109NO4/c1-3-5-7-9-11-13-15-17-19-21-23-25-27-29-31-33-35-37-39-41-43-45-47-51(57)49-54(59)55-52(50-56)53(58)48-46-44-42-40-38-36-34-32-30-28-26-24-22-20-18-16-14-12-10-8-6-4-2/h51-53,56-58H,3-50H2,1-2H3,(H,55,59). The van der Waals surface area contributed by atoms with Gasteiger partial charge in [0, 0.05) is 0 Å². The van der Waals surface area contributed by atoms with E-state index in [-0.39, 0.29) is 18.9 Å². The van der Waals surface area contributed by atoms with E-state index in [1.807, 2.05) is 0 Å². The molecular weight excluding hydrogens is 727 g/mol. The van der Waals surface area contributed by atoms with Gasteiger partial charge in [-0.1, -0.05) is 296 Å². The molecule has 59 heavy (non-hydrogen) atoms. The van der Waals surface area contributed by atoms with E-state index in [0.717, 1.165) is 25.7 Å². The van der Waals surface area contributed by atoms with Crippen LogP contribution in [0, 0.1) is 0 Å². The molecule has 0 rings (SSSR count). The zero-order valence-corrected chi connectivity index (χ0v) is 40.4. The largest absolute Gasteiger partial charge is 0.394 e. The third-order valence-corrected chi connectivity index (χ3v) is 13.2. The molecule has 0 aromatic heterocycles. The van der Waals surface area contributed by atoms with Gasteiger partial charge in [-0.3, -0.25) is 4.79 Å². The molecule has 5 heteroatoms. The first-order valence-electron chi connectivity index (χ1n) is 27.3. The minimum absolute atomic E-state index is 0.0435. The van der Waals surface area contributed by atoms with E-state index < -0.39 is 18.2 Å². The molecule has 0 aromatic rings. The van der Waals surface area contributed by atoms with Gasteiger partial charge in [0.25, 0.3) is 0 Å². The summed E-state index contributed by atoms with van der Waals surface area (Å²) in [5.74, 6) is -0.275. The Morgan fingerprint density at radius 1 is 0.356 bits per heavy atom. The number of aliphatic hydroxyl groups excluding tert-OH is 3. The Bertz CT molecular complexity index is 792. The molecule has 0 aromatic carbocycles. The van der Waals surface area contributed by atoms with E-state index in [0.29, 0.717) is 12.8 Å². The number of carbonyl (C=O) groups is 1.